The normalized spacial score (nSPS) is 11.6. The number of carbonyl (C=O) groups is 2. The van der Waals surface area contributed by atoms with Crippen LogP contribution in [0.15, 0.2) is 54.6 Å². The molecule has 2 aromatic carbocycles. The fraction of sp³-hybridized carbons (Fsp3) is 0.300. The first-order chi connectivity index (χ1) is 11.6. The minimum Gasteiger partial charge on any atom is -0.451 e. The summed E-state index contributed by atoms with van der Waals surface area (Å²) in [6, 6.07) is 16.1. The first kappa shape index (κ1) is 17.7. The topological polar surface area (TPSA) is 46.6 Å². The molecule has 0 fully saturated rings. The molecule has 24 heavy (non-hydrogen) atoms. The molecule has 0 N–H and O–H groups in total. The molecule has 2 rings (SSSR count). The van der Waals surface area contributed by atoms with Crippen LogP contribution in [0.4, 0.5) is 5.69 Å². The number of esters is 1. The predicted molar refractivity (Wildman–Crippen MR) is 95.7 cm³/mol. The lowest BCUT2D eigenvalue weighted by molar-refractivity contribution is 0.0319. The molecule has 0 aromatic heterocycles. The van der Waals surface area contributed by atoms with Crippen molar-refractivity contribution >= 4 is 17.4 Å². The third kappa shape index (κ3) is 4.22. The van der Waals surface area contributed by atoms with E-state index in [0.717, 1.165) is 18.8 Å². The molecule has 0 amide bonds. The maximum Gasteiger partial charge on any atom is 0.338 e. The van der Waals surface area contributed by atoms with Gasteiger partial charge in [0.15, 0.2) is 6.10 Å². The third-order valence-electron chi connectivity index (χ3n) is 3.94. The summed E-state index contributed by atoms with van der Waals surface area (Å²) in [5.74, 6) is -0.693. The van der Waals surface area contributed by atoms with Crippen LogP contribution in [0, 0.1) is 0 Å². The lowest BCUT2D eigenvalue weighted by Gasteiger charge is -2.21. The summed E-state index contributed by atoms with van der Waals surface area (Å²) < 4.78 is 5.30. The first-order valence-corrected chi connectivity index (χ1v) is 8.22. The molecular formula is C20H23NO3. The van der Waals surface area contributed by atoms with Crippen LogP contribution in [0.1, 0.15) is 41.5 Å². The molecule has 0 saturated carbocycles. The van der Waals surface area contributed by atoms with Gasteiger partial charge < -0.3 is 9.64 Å². The maximum atomic E-state index is 12.2. The number of hydrogen-bond acceptors (Lipinski definition) is 4. The van der Waals surface area contributed by atoms with Crippen molar-refractivity contribution in [1.82, 2.24) is 0 Å². The van der Waals surface area contributed by atoms with Crippen LogP contribution in [-0.4, -0.2) is 30.9 Å². The molecule has 0 aliphatic heterocycles. The van der Waals surface area contributed by atoms with Gasteiger partial charge in [-0.15, -0.1) is 0 Å². The van der Waals surface area contributed by atoms with Gasteiger partial charge in [-0.1, -0.05) is 30.3 Å². The van der Waals surface area contributed by atoms with Crippen LogP contribution in [-0.2, 0) is 4.74 Å². The highest BCUT2D eigenvalue weighted by atomic mass is 16.5. The van der Waals surface area contributed by atoms with E-state index >= 15 is 0 Å². The van der Waals surface area contributed by atoms with Gasteiger partial charge in [0.05, 0.1) is 5.56 Å². The Morgan fingerprint density at radius 3 is 2.04 bits per heavy atom. The zero-order valence-corrected chi connectivity index (χ0v) is 14.4. The Bertz CT molecular complexity index is 676. The van der Waals surface area contributed by atoms with E-state index < -0.39 is 12.1 Å². The molecule has 4 nitrogen and oxygen atoms in total. The van der Waals surface area contributed by atoms with Crippen LogP contribution in [0.5, 0.6) is 0 Å². The van der Waals surface area contributed by atoms with Crippen molar-refractivity contribution in [2.24, 2.45) is 0 Å². The highest BCUT2D eigenvalue weighted by Crippen LogP contribution is 2.16. The van der Waals surface area contributed by atoms with Gasteiger partial charge in [-0.25, -0.2) is 4.79 Å². The Kier molecular flexibility index (Phi) is 6.13. The van der Waals surface area contributed by atoms with Gasteiger partial charge in [0.25, 0.3) is 0 Å². The summed E-state index contributed by atoms with van der Waals surface area (Å²) in [4.78, 5) is 26.7. The van der Waals surface area contributed by atoms with Gasteiger partial charge in [0, 0.05) is 24.3 Å². The van der Waals surface area contributed by atoms with E-state index in [-0.39, 0.29) is 5.78 Å². The van der Waals surface area contributed by atoms with Crippen LogP contribution >= 0.6 is 0 Å². The van der Waals surface area contributed by atoms with E-state index in [1.807, 2.05) is 18.2 Å². The van der Waals surface area contributed by atoms with Crippen molar-refractivity contribution in [1.29, 1.82) is 0 Å². The number of Topliss-reactive ketones (excluding diaryl/α,β-unsaturated/α-hetero) is 1. The Morgan fingerprint density at radius 2 is 1.50 bits per heavy atom. The minimum absolute atomic E-state index is 0.205. The number of nitrogens with zero attached hydrogens (tertiary/aromatic N) is 1. The number of ketones is 1. The highest BCUT2D eigenvalue weighted by Gasteiger charge is 2.20. The quantitative estimate of drug-likeness (QED) is 0.571. The Morgan fingerprint density at radius 1 is 0.917 bits per heavy atom. The van der Waals surface area contributed by atoms with Gasteiger partial charge in [-0.2, -0.15) is 0 Å². The van der Waals surface area contributed by atoms with Crippen LogP contribution in [0.3, 0.4) is 0 Å². The second-order valence-electron chi connectivity index (χ2n) is 5.50. The SMILES string of the molecule is CCN(CC)c1ccc(C(=O)O[C@H](C)C(=O)c2ccccc2)cc1. The molecule has 1 atom stereocenters. The summed E-state index contributed by atoms with van der Waals surface area (Å²) in [5.41, 5.74) is 2.04. The van der Waals surface area contributed by atoms with Crippen molar-refractivity contribution in [3.8, 4) is 0 Å². The second-order valence-corrected chi connectivity index (χ2v) is 5.50. The third-order valence-corrected chi connectivity index (χ3v) is 3.94. The van der Waals surface area contributed by atoms with E-state index in [9.17, 15) is 9.59 Å². The van der Waals surface area contributed by atoms with Gasteiger partial charge in [-0.05, 0) is 45.0 Å². The Balaban J connectivity index is 2.03. The summed E-state index contributed by atoms with van der Waals surface area (Å²) in [7, 11) is 0. The summed E-state index contributed by atoms with van der Waals surface area (Å²) in [6.45, 7) is 7.58. The fourth-order valence-electron chi connectivity index (χ4n) is 2.52. The van der Waals surface area contributed by atoms with Crippen molar-refractivity contribution in [2.75, 3.05) is 18.0 Å². The summed E-state index contributed by atoms with van der Waals surface area (Å²) >= 11 is 0. The van der Waals surface area contributed by atoms with E-state index in [4.69, 9.17) is 4.74 Å². The Hall–Kier alpha value is -2.62. The standard InChI is InChI=1S/C20H23NO3/c1-4-21(5-2)18-13-11-17(12-14-18)20(23)24-15(3)19(22)16-9-7-6-8-10-16/h6-15H,4-5H2,1-3H3/t15-/m1/s1. The van der Waals surface area contributed by atoms with Gasteiger partial charge in [-0.3, -0.25) is 4.79 Å². The largest absolute Gasteiger partial charge is 0.451 e. The summed E-state index contributed by atoms with van der Waals surface area (Å²) in [5, 5.41) is 0. The smallest absolute Gasteiger partial charge is 0.338 e. The average molecular weight is 325 g/mol. The molecule has 0 aliphatic carbocycles. The van der Waals surface area contributed by atoms with E-state index in [1.165, 1.54) is 0 Å². The van der Waals surface area contributed by atoms with E-state index in [0.29, 0.717) is 11.1 Å². The van der Waals surface area contributed by atoms with Crippen molar-refractivity contribution in [3.05, 3.63) is 65.7 Å². The molecule has 0 aliphatic rings. The number of anilines is 1. The minimum atomic E-state index is -0.817. The molecule has 0 spiro atoms. The van der Waals surface area contributed by atoms with Crippen LogP contribution < -0.4 is 4.90 Å². The lowest BCUT2D eigenvalue weighted by atomic mass is 10.1. The van der Waals surface area contributed by atoms with Crippen molar-refractivity contribution in [3.63, 3.8) is 0 Å². The van der Waals surface area contributed by atoms with E-state index in [2.05, 4.69) is 18.7 Å². The number of rotatable bonds is 7. The Labute approximate surface area is 143 Å². The molecule has 0 saturated heterocycles. The number of benzene rings is 2. The van der Waals surface area contributed by atoms with Crippen molar-refractivity contribution in [2.45, 2.75) is 26.9 Å². The molecule has 4 heteroatoms. The van der Waals surface area contributed by atoms with Crippen molar-refractivity contribution < 1.29 is 14.3 Å². The average Bonchev–Trinajstić information content (AvgIpc) is 2.63. The monoisotopic (exact) mass is 325 g/mol. The van der Waals surface area contributed by atoms with E-state index in [1.54, 1.807) is 43.3 Å². The van der Waals surface area contributed by atoms with Crippen LogP contribution in [0.25, 0.3) is 0 Å². The number of hydrogen-bond donors (Lipinski definition) is 0. The number of carbonyl (C=O) groups excluding carboxylic acids is 2. The van der Waals surface area contributed by atoms with Gasteiger partial charge in [0.2, 0.25) is 5.78 Å². The molecule has 0 heterocycles. The van der Waals surface area contributed by atoms with Gasteiger partial charge >= 0.3 is 5.97 Å². The predicted octanol–water partition coefficient (Wildman–Crippen LogP) is 3.96. The molecule has 0 bridgehead atoms. The summed E-state index contributed by atoms with van der Waals surface area (Å²) in [6.07, 6.45) is -0.817. The van der Waals surface area contributed by atoms with Crippen LogP contribution in [0.2, 0.25) is 0 Å². The van der Waals surface area contributed by atoms with Gasteiger partial charge in [0.1, 0.15) is 0 Å². The number of ether oxygens (including phenoxy) is 1. The fourth-order valence-corrected chi connectivity index (χ4v) is 2.52. The highest BCUT2D eigenvalue weighted by molar-refractivity contribution is 6.01. The zero-order valence-electron chi connectivity index (χ0n) is 14.4. The molecule has 2 aromatic rings. The maximum absolute atomic E-state index is 12.2. The lowest BCUT2D eigenvalue weighted by Crippen LogP contribution is -2.24. The second kappa shape index (κ2) is 8.29. The molecule has 0 unspecified atom stereocenters. The molecule has 0 radical (unpaired) electrons. The molecule has 126 valence electrons. The molecular weight excluding hydrogens is 302 g/mol. The zero-order chi connectivity index (χ0) is 17.5. The first-order valence-electron chi connectivity index (χ1n) is 8.22.